The van der Waals surface area contributed by atoms with Crippen molar-refractivity contribution in [1.82, 2.24) is 4.98 Å². The zero-order chi connectivity index (χ0) is 11.0. The first-order chi connectivity index (χ1) is 7.90. The maximum absolute atomic E-state index is 5.82. The van der Waals surface area contributed by atoms with Crippen LogP contribution in [-0.2, 0) is 5.88 Å². The number of aromatic nitrogens is 1. The Hall–Kier alpha value is -1.32. The summed E-state index contributed by atoms with van der Waals surface area (Å²) in [4.78, 5) is 4.10. The van der Waals surface area contributed by atoms with E-state index in [1.165, 1.54) is 16.5 Å². The number of halogens is 1. The fourth-order valence-electron chi connectivity index (χ4n) is 1.74. The molecule has 1 aromatic carbocycles. The SMILES string of the molecule is ClCc1ncoc1-c1csc2ccccc12. The van der Waals surface area contributed by atoms with Crippen LogP contribution in [0.25, 0.3) is 21.4 Å². The smallest absolute Gasteiger partial charge is 0.181 e. The highest BCUT2D eigenvalue weighted by Crippen LogP contribution is 2.35. The second kappa shape index (κ2) is 3.92. The van der Waals surface area contributed by atoms with Crippen LogP contribution in [0.3, 0.4) is 0 Å². The van der Waals surface area contributed by atoms with Gasteiger partial charge in [-0.25, -0.2) is 4.98 Å². The first kappa shape index (κ1) is 9.87. The summed E-state index contributed by atoms with van der Waals surface area (Å²) in [5.41, 5.74) is 1.87. The van der Waals surface area contributed by atoms with E-state index in [1.54, 1.807) is 11.3 Å². The quantitative estimate of drug-likeness (QED) is 0.633. The third-order valence-electron chi connectivity index (χ3n) is 2.49. The van der Waals surface area contributed by atoms with Gasteiger partial charge in [0.2, 0.25) is 0 Å². The van der Waals surface area contributed by atoms with Crippen molar-refractivity contribution >= 4 is 33.0 Å². The van der Waals surface area contributed by atoms with Gasteiger partial charge in [-0.1, -0.05) is 18.2 Å². The normalized spacial score (nSPS) is 11.1. The number of fused-ring (bicyclic) bond motifs is 1. The van der Waals surface area contributed by atoms with Crippen LogP contribution < -0.4 is 0 Å². The maximum atomic E-state index is 5.82. The Morgan fingerprint density at radius 3 is 3.06 bits per heavy atom. The summed E-state index contributed by atoms with van der Waals surface area (Å²) in [6.07, 6.45) is 1.44. The van der Waals surface area contributed by atoms with E-state index < -0.39 is 0 Å². The van der Waals surface area contributed by atoms with Crippen molar-refractivity contribution in [2.75, 3.05) is 0 Å². The van der Waals surface area contributed by atoms with Gasteiger partial charge in [-0.15, -0.1) is 22.9 Å². The van der Waals surface area contributed by atoms with E-state index in [9.17, 15) is 0 Å². The first-order valence-electron chi connectivity index (χ1n) is 4.85. The molecule has 0 saturated carbocycles. The van der Waals surface area contributed by atoms with Crippen molar-refractivity contribution < 1.29 is 4.42 Å². The molecule has 4 heteroatoms. The summed E-state index contributed by atoms with van der Waals surface area (Å²) in [5.74, 6) is 1.16. The highest BCUT2D eigenvalue weighted by molar-refractivity contribution is 7.17. The highest BCUT2D eigenvalue weighted by Gasteiger charge is 2.13. The van der Waals surface area contributed by atoms with Crippen LogP contribution in [0.4, 0.5) is 0 Å². The Labute approximate surface area is 101 Å². The molecular formula is C12H8ClNOS. The standard InChI is InChI=1S/C12H8ClNOS/c13-5-10-12(15-7-14-10)9-6-16-11-4-2-1-3-8(9)11/h1-4,6-7H,5H2. The molecule has 0 spiro atoms. The minimum atomic E-state index is 0.371. The van der Waals surface area contributed by atoms with Gasteiger partial charge < -0.3 is 4.42 Å². The molecule has 2 aromatic heterocycles. The lowest BCUT2D eigenvalue weighted by molar-refractivity contribution is 0.572. The van der Waals surface area contributed by atoms with Gasteiger partial charge in [-0.05, 0) is 6.07 Å². The average molecular weight is 250 g/mol. The third kappa shape index (κ3) is 1.44. The van der Waals surface area contributed by atoms with Crippen LogP contribution in [0.15, 0.2) is 40.5 Å². The fourth-order valence-corrected chi connectivity index (χ4v) is 2.87. The fraction of sp³-hybridized carbons (Fsp3) is 0.0833. The summed E-state index contributed by atoms with van der Waals surface area (Å²) in [5, 5.41) is 3.27. The van der Waals surface area contributed by atoms with Gasteiger partial charge in [0.15, 0.2) is 12.2 Å². The lowest BCUT2D eigenvalue weighted by Gasteiger charge is -1.96. The van der Waals surface area contributed by atoms with Gasteiger partial charge in [-0.3, -0.25) is 0 Å². The molecule has 2 heterocycles. The Kier molecular flexibility index (Phi) is 2.42. The predicted molar refractivity (Wildman–Crippen MR) is 66.9 cm³/mol. The van der Waals surface area contributed by atoms with Crippen molar-refractivity contribution in [3.63, 3.8) is 0 Å². The summed E-state index contributed by atoms with van der Waals surface area (Å²) < 4.78 is 6.66. The lowest BCUT2D eigenvalue weighted by Crippen LogP contribution is -1.81. The Bertz CT molecular complexity index is 629. The van der Waals surface area contributed by atoms with Crippen LogP contribution in [0.5, 0.6) is 0 Å². The molecule has 0 aliphatic carbocycles. The van der Waals surface area contributed by atoms with E-state index in [-0.39, 0.29) is 0 Å². The molecule has 80 valence electrons. The van der Waals surface area contributed by atoms with Gasteiger partial charge in [0.25, 0.3) is 0 Å². The molecule has 0 atom stereocenters. The second-order valence-corrected chi connectivity index (χ2v) is 4.59. The third-order valence-corrected chi connectivity index (χ3v) is 3.71. The Morgan fingerprint density at radius 1 is 1.31 bits per heavy atom. The van der Waals surface area contributed by atoms with Crippen LogP contribution in [0, 0.1) is 0 Å². The molecule has 0 bridgehead atoms. The molecular weight excluding hydrogens is 242 g/mol. The first-order valence-corrected chi connectivity index (χ1v) is 6.26. The summed E-state index contributed by atoms with van der Waals surface area (Å²) >= 11 is 7.52. The maximum Gasteiger partial charge on any atom is 0.181 e. The molecule has 2 nitrogen and oxygen atoms in total. The zero-order valence-corrected chi connectivity index (χ0v) is 9.89. The molecule has 0 amide bonds. The van der Waals surface area contributed by atoms with E-state index in [0.29, 0.717) is 5.88 Å². The lowest BCUT2D eigenvalue weighted by atomic mass is 10.1. The van der Waals surface area contributed by atoms with Crippen LogP contribution >= 0.6 is 22.9 Å². The monoisotopic (exact) mass is 249 g/mol. The summed E-state index contributed by atoms with van der Waals surface area (Å²) in [7, 11) is 0. The Morgan fingerprint density at radius 2 is 2.19 bits per heavy atom. The molecule has 0 aliphatic rings. The number of benzene rings is 1. The van der Waals surface area contributed by atoms with Crippen LogP contribution in [0.1, 0.15) is 5.69 Å². The van der Waals surface area contributed by atoms with Crippen molar-refractivity contribution in [3.8, 4) is 11.3 Å². The molecule has 0 aliphatic heterocycles. The minimum absolute atomic E-state index is 0.371. The highest BCUT2D eigenvalue weighted by atomic mass is 35.5. The van der Waals surface area contributed by atoms with Crippen LogP contribution in [0.2, 0.25) is 0 Å². The van der Waals surface area contributed by atoms with E-state index in [1.807, 2.05) is 12.1 Å². The Balaban J connectivity index is 2.26. The summed E-state index contributed by atoms with van der Waals surface area (Å²) in [6, 6.07) is 8.24. The minimum Gasteiger partial charge on any atom is -0.443 e. The topological polar surface area (TPSA) is 26.0 Å². The van der Waals surface area contributed by atoms with E-state index in [4.69, 9.17) is 16.0 Å². The van der Waals surface area contributed by atoms with Crippen LogP contribution in [-0.4, -0.2) is 4.98 Å². The number of oxazole rings is 1. The van der Waals surface area contributed by atoms with Crippen molar-refractivity contribution in [2.45, 2.75) is 5.88 Å². The molecule has 3 rings (SSSR count). The predicted octanol–water partition coefficient (Wildman–Crippen LogP) is 4.30. The number of nitrogens with zero attached hydrogens (tertiary/aromatic N) is 1. The van der Waals surface area contributed by atoms with Crippen molar-refractivity contribution in [3.05, 3.63) is 41.7 Å². The van der Waals surface area contributed by atoms with Gasteiger partial charge in [-0.2, -0.15) is 0 Å². The molecule has 0 radical (unpaired) electrons. The molecule has 0 fully saturated rings. The largest absolute Gasteiger partial charge is 0.443 e. The summed E-state index contributed by atoms with van der Waals surface area (Å²) in [6.45, 7) is 0. The number of hydrogen-bond donors (Lipinski definition) is 0. The van der Waals surface area contributed by atoms with Gasteiger partial charge >= 0.3 is 0 Å². The van der Waals surface area contributed by atoms with Gasteiger partial charge in [0, 0.05) is 21.0 Å². The average Bonchev–Trinajstić information content (AvgIpc) is 2.94. The zero-order valence-electron chi connectivity index (χ0n) is 8.31. The molecule has 3 aromatic rings. The molecule has 0 N–H and O–H groups in total. The van der Waals surface area contributed by atoms with E-state index in [2.05, 4.69) is 22.5 Å². The second-order valence-electron chi connectivity index (χ2n) is 3.41. The van der Waals surface area contributed by atoms with E-state index >= 15 is 0 Å². The number of rotatable bonds is 2. The van der Waals surface area contributed by atoms with Crippen molar-refractivity contribution in [1.29, 1.82) is 0 Å². The molecule has 16 heavy (non-hydrogen) atoms. The van der Waals surface area contributed by atoms with E-state index in [0.717, 1.165) is 17.0 Å². The van der Waals surface area contributed by atoms with Crippen molar-refractivity contribution in [2.24, 2.45) is 0 Å². The van der Waals surface area contributed by atoms with Gasteiger partial charge in [0.1, 0.15) is 5.69 Å². The number of alkyl halides is 1. The molecule has 0 unspecified atom stereocenters. The number of hydrogen-bond acceptors (Lipinski definition) is 3. The van der Waals surface area contributed by atoms with Gasteiger partial charge in [0.05, 0.1) is 5.88 Å². The number of thiophene rings is 1. The molecule has 0 saturated heterocycles.